The Morgan fingerprint density at radius 1 is 0.923 bits per heavy atom. The molecule has 5 aromatic rings. The van der Waals surface area contributed by atoms with Crippen molar-refractivity contribution in [3.8, 4) is 11.3 Å². The van der Waals surface area contributed by atoms with Crippen molar-refractivity contribution in [2.45, 2.75) is 31.6 Å². The summed E-state index contributed by atoms with van der Waals surface area (Å²) in [6.45, 7) is 5.98. The highest BCUT2D eigenvalue weighted by Gasteiger charge is 2.60. The van der Waals surface area contributed by atoms with Gasteiger partial charge in [-0.25, -0.2) is 4.98 Å². The van der Waals surface area contributed by atoms with Gasteiger partial charge in [0.2, 0.25) is 5.91 Å². The molecule has 0 aliphatic heterocycles. The Morgan fingerprint density at radius 3 is 2.33 bits per heavy atom. The number of amides is 1. The molecule has 0 spiro atoms. The van der Waals surface area contributed by atoms with E-state index < -0.39 is 5.41 Å². The quantitative estimate of drug-likeness (QED) is 0.242. The zero-order valence-electron chi connectivity index (χ0n) is 22.2. The van der Waals surface area contributed by atoms with Crippen LogP contribution in [-0.2, 0) is 10.2 Å². The van der Waals surface area contributed by atoms with Crippen LogP contribution in [0.3, 0.4) is 0 Å². The molecular weight excluding hydrogens is 498 g/mol. The molecule has 0 fully saturated rings. The normalized spacial score (nSPS) is 22.9. The number of likely N-dealkylation sites (N-methyl/N-ethyl adjacent to an activating group) is 1. The first-order valence-electron chi connectivity index (χ1n) is 13.7. The molecule has 1 heterocycles. The number of benzene rings is 4. The molecule has 2 N–H and O–H groups in total. The highest BCUT2D eigenvalue weighted by molar-refractivity contribution is 7.14. The van der Waals surface area contributed by atoms with Gasteiger partial charge in [0.1, 0.15) is 0 Å². The van der Waals surface area contributed by atoms with Crippen LogP contribution >= 0.6 is 11.3 Å². The summed E-state index contributed by atoms with van der Waals surface area (Å²) in [5.41, 5.74) is 6.34. The summed E-state index contributed by atoms with van der Waals surface area (Å²) in [6, 6.07) is 32.1. The minimum Gasteiger partial charge on any atom is -0.316 e. The van der Waals surface area contributed by atoms with Gasteiger partial charge in [0.05, 0.1) is 11.1 Å². The lowest BCUT2D eigenvalue weighted by atomic mass is 9.46. The van der Waals surface area contributed by atoms with E-state index in [1.165, 1.54) is 44.4 Å². The van der Waals surface area contributed by atoms with Crippen molar-refractivity contribution in [1.29, 1.82) is 0 Å². The summed E-state index contributed by atoms with van der Waals surface area (Å²) in [7, 11) is 0. The molecule has 4 aromatic carbocycles. The Hall–Kier alpha value is -3.80. The van der Waals surface area contributed by atoms with Crippen molar-refractivity contribution < 1.29 is 4.79 Å². The first-order valence-corrected chi connectivity index (χ1v) is 14.6. The Bertz CT molecular complexity index is 1670. The second-order valence-electron chi connectivity index (χ2n) is 11.1. The molecule has 0 radical (unpaired) electrons. The van der Waals surface area contributed by atoms with E-state index in [1.54, 1.807) is 0 Å². The fourth-order valence-electron chi connectivity index (χ4n) is 7.23. The van der Waals surface area contributed by atoms with E-state index in [2.05, 4.69) is 115 Å². The molecule has 1 amide bonds. The number of nitrogens with zero attached hydrogens (tertiary/aromatic N) is 1. The van der Waals surface area contributed by atoms with E-state index in [-0.39, 0.29) is 17.2 Å². The third kappa shape index (κ3) is 3.60. The number of carbonyl (C=O) groups is 1. The van der Waals surface area contributed by atoms with E-state index in [1.807, 2.05) is 5.38 Å². The molecule has 0 saturated heterocycles. The number of carbonyl (C=O) groups excluding carboxylic acids is 1. The molecule has 5 heteroatoms. The number of anilines is 1. The van der Waals surface area contributed by atoms with Crippen LogP contribution in [-0.4, -0.2) is 24.0 Å². The van der Waals surface area contributed by atoms with Crippen LogP contribution in [0.25, 0.3) is 22.0 Å². The second kappa shape index (κ2) is 9.15. The number of hydrogen-bond acceptors (Lipinski definition) is 4. The van der Waals surface area contributed by atoms with Gasteiger partial charge in [0, 0.05) is 28.8 Å². The van der Waals surface area contributed by atoms with E-state index in [0.717, 1.165) is 30.8 Å². The minimum absolute atomic E-state index is 0.00842. The SMILES string of the molecule is CCNCC12CC(C)(C(=O)Nc3nc(-c4cccc5ccccc45)cs3)C(c3ccccc31)c1ccccc12. The molecule has 194 valence electrons. The van der Waals surface area contributed by atoms with Gasteiger partial charge in [-0.1, -0.05) is 97.9 Å². The van der Waals surface area contributed by atoms with Crippen LogP contribution in [0.1, 0.15) is 48.4 Å². The van der Waals surface area contributed by atoms with Crippen LogP contribution in [0.15, 0.2) is 96.4 Å². The van der Waals surface area contributed by atoms with Crippen LogP contribution < -0.4 is 10.6 Å². The van der Waals surface area contributed by atoms with Gasteiger partial charge in [-0.15, -0.1) is 11.3 Å². The highest BCUT2D eigenvalue weighted by Crippen LogP contribution is 2.63. The smallest absolute Gasteiger partial charge is 0.233 e. The number of fused-ring (bicyclic) bond motifs is 2. The highest BCUT2D eigenvalue weighted by atomic mass is 32.1. The Morgan fingerprint density at radius 2 is 1.59 bits per heavy atom. The largest absolute Gasteiger partial charge is 0.316 e. The Labute approximate surface area is 233 Å². The van der Waals surface area contributed by atoms with Gasteiger partial charge in [0.15, 0.2) is 5.13 Å². The molecule has 1 unspecified atom stereocenters. The first kappa shape index (κ1) is 24.3. The monoisotopic (exact) mass is 529 g/mol. The fraction of sp³-hybridized carbons (Fsp3) is 0.235. The average Bonchev–Trinajstić information content (AvgIpc) is 3.44. The van der Waals surface area contributed by atoms with Gasteiger partial charge in [-0.05, 0) is 52.9 Å². The number of rotatable bonds is 6. The van der Waals surface area contributed by atoms with E-state index >= 15 is 0 Å². The molecular formula is C34H31N3OS. The summed E-state index contributed by atoms with van der Waals surface area (Å²) in [5, 5.41) is 11.9. The molecule has 3 aliphatic carbocycles. The lowest BCUT2D eigenvalue weighted by Gasteiger charge is -2.57. The van der Waals surface area contributed by atoms with Gasteiger partial charge in [-0.3, -0.25) is 4.79 Å². The second-order valence-corrected chi connectivity index (χ2v) is 11.9. The predicted molar refractivity (Wildman–Crippen MR) is 160 cm³/mol. The Kier molecular flexibility index (Phi) is 5.69. The summed E-state index contributed by atoms with van der Waals surface area (Å²) >= 11 is 1.49. The van der Waals surface area contributed by atoms with Crippen LogP contribution in [0.4, 0.5) is 5.13 Å². The molecule has 1 aromatic heterocycles. The van der Waals surface area contributed by atoms with Crippen LogP contribution in [0, 0.1) is 5.41 Å². The average molecular weight is 530 g/mol. The van der Waals surface area contributed by atoms with E-state index in [9.17, 15) is 4.79 Å². The van der Waals surface area contributed by atoms with E-state index in [0.29, 0.717) is 5.13 Å². The molecule has 4 nitrogen and oxygen atoms in total. The molecule has 8 rings (SSSR count). The van der Waals surface area contributed by atoms with Crippen molar-refractivity contribution in [1.82, 2.24) is 10.3 Å². The van der Waals surface area contributed by atoms with Gasteiger partial charge >= 0.3 is 0 Å². The summed E-state index contributed by atoms with van der Waals surface area (Å²) < 4.78 is 0. The van der Waals surface area contributed by atoms with Crippen molar-refractivity contribution in [2.24, 2.45) is 5.41 Å². The zero-order chi connectivity index (χ0) is 26.6. The summed E-state index contributed by atoms with van der Waals surface area (Å²) in [6.07, 6.45) is 0.749. The van der Waals surface area contributed by atoms with Crippen LogP contribution in [0.5, 0.6) is 0 Å². The number of nitrogens with one attached hydrogen (secondary N) is 2. The fourth-order valence-corrected chi connectivity index (χ4v) is 7.94. The molecule has 2 bridgehead atoms. The zero-order valence-corrected chi connectivity index (χ0v) is 23.0. The maximum atomic E-state index is 14.3. The summed E-state index contributed by atoms with van der Waals surface area (Å²) in [4.78, 5) is 19.2. The van der Waals surface area contributed by atoms with Gasteiger partial charge in [0.25, 0.3) is 0 Å². The van der Waals surface area contributed by atoms with Crippen molar-refractivity contribution in [3.63, 3.8) is 0 Å². The topological polar surface area (TPSA) is 54.0 Å². The predicted octanol–water partition coefficient (Wildman–Crippen LogP) is 7.35. The van der Waals surface area contributed by atoms with Crippen molar-refractivity contribution in [3.05, 3.63) is 119 Å². The lowest BCUT2D eigenvalue weighted by Crippen LogP contribution is -2.57. The minimum atomic E-state index is -0.622. The van der Waals surface area contributed by atoms with Crippen molar-refractivity contribution >= 4 is 33.1 Å². The maximum absolute atomic E-state index is 14.3. The molecule has 0 saturated carbocycles. The molecule has 1 atom stereocenters. The first-order chi connectivity index (χ1) is 19.0. The van der Waals surface area contributed by atoms with E-state index in [4.69, 9.17) is 4.98 Å². The number of hydrogen-bond donors (Lipinski definition) is 2. The lowest BCUT2D eigenvalue weighted by molar-refractivity contribution is -0.127. The third-order valence-corrected chi connectivity index (χ3v) is 9.62. The number of aromatic nitrogens is 1. The number of thiazole rings is 1. The third-order valence-electron chi connectivity index (χ3n) is 8.87. The standard InChI is InChI=1S/C34H31N3OS/c1-3-35-21-34-20-33(2,30(25-14-6-8-17-27(25)34)26-15-7-9-18-28(26)34)31(38)37-32-36-29(19-39-32)24-16-10-12-22-11-4-5-13-23(22)24/h4-19,30,35H,3,20-21H2,1-2H3,(H,36,37,38). The maximum Gasteiger partial charge on any atom is 0.233 e. The van der Waals surface area contributed by atoms with Gasteiger partial charge in [-0.2, -0.15) is 0 Å². The summed E-state index contributed by atoms with van der Waals surface area (Å²) in [5.74, 6) is 0.0297. The molecule has 3 aliphatic rings. The molecule has 39 heavy (non-hydrogen) atoms. The Balaban J connectivity index is 1.28. The van der Waals surface area contributed by atoms with Crippen LogP contribution in [0.2, 0.25) is 0 Å². The van der Waals surface area contributed by atoms with Crippen molar-refractivity contribution in [2.75, 3.05) is 18.4 Å². The van der Waals surface area contributed by atoms with Gasteiger partial charge < -0.3 is 10.6 Å².